The number of fused-ring (bicyclic) bond motifs is 1. The van der Waals surface area contributed by atoms with Gasteiger partial charge in [-0.2, -0.15) is 0 Å². The maximum Gasteiger partial charge on any atom is 0.121 e. The number of thiophene rings is 1. The first-order chi connectivity index (χ1) is 14.3. The highest BCUT2D eigenvalue weighted by atomic mass is 32.1. The molecule has 0 aliphatic carbocycles. The summed E-state index contributed by atoms with van der Waals surface area (Å²) >= 11 is 1.72. The van der Waals surface area contributed by atoms with E-state index in [1.807, 2.05) is 22.8 Å². The highest BCUT2D eigenvalue weighted by molar-refractivity contribution is 7.13. The number of nitrogens with zero attached hydrogens (tertiary/aromatic N) is 4. The van der Waals surface area contributed by atoms with Crippen molar-refractivity contribution in [3.05, 3.63) is 71.4 Å². The number of pyridine rings is 1. The minimum Gasteiger partial charge on any atom is -0.497 e. The van der Waals surface area contributed by atoms with Crippen LogP contribution in [-0.4, -0.2) is 46.5 Å². The Labute approximate surface area is 173 Å². The lowest BCUT2D eigenvalue weighted by atomic mass is 10.1. The van der Waals surface area contributed by atoms with E-state index in [1.165, 1.54) is 10.4 Å². The zero-order valence-electron chi connectivity index (χ0n) is 16.2. The fraction of sp³-hybridized carbons (Fsp3) is 0.273. The molecule has 29 heavy (non-hydrogen) atoms. The third kappa shape index (κ3) is 3.76. The van der Waals surface area contributed by atoms with Crippen LogP contribution in [0.4, 0.5) is 0 Å². The van der Waals surface area contributed by atoms with Crippen LogP contribution in [0.3, 0.4) is 0 Å². The van der Waals surface area contributed by atoms with Crippen molar-refractivity contribution in [2.75, 3.05) is 26.8 Å². The smallest absolute Gasteiger partial charge is 0.121 e. The van der Waals surface area contributed by atoms with Crippen LogP contribution in [0.2, 0.25) is 0 Å². The Morgan fingerprint density at radius 2 is 2.07 bits per heavy atom. The van der Waals surface area contributed by atoms with Gasteiger partial charge in [-0.15, -0.1) is 16.4 Å². The number of rotatable bonds is 5. The third-order valence-corrected chi connectivity index (χ3v) is 6.19. The first-order valence-electron chi connectivity index (χ1n) is 9.66. The van der Waals surface area contributed by atoms with Gasteiger partial charge in [0, 0.05) is 36.3 Å². The van der Waals surface area contributed by atoms with E-state index in [-0.39, 0.29) is 6.10 Å². The predicted molar refractivity (Wildman–Crippen MR) is 113 cm³/mol. The molecule has 1 aliphatic rings. The first-order valence-corrected chi connectivity index (χ1v) is 10.5. The molecule has 0 radical (unpaired) electrons. The molecular formula is C22H22N4O2S. The number of hydrogen-bond donors (Lipinski definition) is 0. The van der Waals surface area contributed by atoms with E-state index in [0.717, 1.165) is 42.2 Å². The van der Waals surface area contributed by atoms with Crippen molar-refractivity contribution in [2.45, 2.75) is 12.6 Å². The Kier molecular flexibility index (Phi) is 5.01. The number of hydrogen-bond acceptors (Lipinski definition) is 6. The molecule has 3 aromatic heterocycles. The molecule has 1 aromatic carbocycles. The summed E-state index contributed by atoms with van der Waals surface area (Å²) in [6.45, 7) is 3.27. The number of morpholine rings is 1. The maximum atomic E-state index is 6.06. The van der Waals surface area contributed by atoms with E-state index in [2.05, 4.69) is 57.0 Å². The Balaban J connectivity index is 1.34. The van der Waals surface area contributed by atoms with E-state index in [9.17, 15) is 0 Å². The van der Waals surface area contributed by atoms with Crippen LogP contribution < -0.4 is 4.74 Å². The Bertz CT molecular complexity index is 1090. The Morgan fingerprint density at radius 1 is 1.17 bits per heavy atom. The molecule has 1 aliphatic heterocycles. The molecule has 6 nitrogen and oxygen atoms in total. The van der Waals surface area contributed by atoms with Gasteiger partial charge in [-0.1, -0.05) is 23.4 Å². The fourth-order valence-corrected chi connectivity index (χ4v) is 4.45. The highest BCUT2D eigenvalue weighted by Crippen LogP contribution is 2.29. The summed E-state index contributed by atoms with van der Waals surface area (Å²) in [5.74, 6) is 0.881. The molecule has 4 heterocycles. The van der Waals surface area contributed by atoms with Gasteiger partial charge in [0.25, 0.3) is 0 Å². The second-order valence-electron chi connectivity index (χ2n) is 7.14. The monoisotopic (exact) mass is 406 g/mol. The van der Waals surface area contributed by atoms with Gasteiger partial charge in [0.15, 0.2) is 0 Å². The molecule has 0 saturated carbocycles. The maximum absolute atomic E-state index is 6.06. The molecular weight excluding hydrogens is 384 g/mol. The lowest BCUT2D eigenvalue weighted by Crippen LogP contribution is -2.38. The summed E-state index contributed by atoms with van der Waals surface area (Å²) in [5, 5.41) is 10.9. The Hall–Kier alpha value is -2.74. The predicted octanol–water partition coefficient (Wildman–Crippen LogP) is 4.04. The topological polar surface area (TPSA) is 51.9 Å². The second kappa shape index (κ2) is 7.94. The number of ether oxygens (including phenoxy) is 2. The largest absolute Gasteiger partial charge is 0.497 e. The van der Waals surface area contributed by atoms with Gasteiger partial charge in [0.1, 0.15) is 17.5 Å². The summed E-state index contributed by atoms with van der Waals surface area (Å²) in [5.41, 5.74) is 4.32. The molecule has 0 N–H and O–H groups in total. The SMILES string of the molecule is COc1ccc(CN2CCO[C@@H](c3nnn4cc(-c5cccs5)ccc34)C2)cc1. The van der Waals surface area contributed by atoms with Crippen LogP contribution in [0.5, 0.6) is 5.75 Å². The minimum absolute atomic E-state index is 0.0768. The molecule has 5 rings (SSSR count). The van der Waals surface area contributed by atoms with E-state index < -0.39 is 0 Å². The summed E-state index contributed by atoms with van der Waals surface area (Å²) in [4.78, 5) is 3.63. The fourth-order valence-electron chi connectivity index (χ4n) is 3.73. The normalized spacial score (nSPS) is 17.6. The molecule has 0 bridgehead atoms. The van der Waals surface area contributed by atoms with Crippen molar-refractivity contribution in [3.8, 4) is 16.2 Å². The lowest BCUT2D eigenvalue weighted by Gasteiger charge is -2.32. The molecule has 148 valence electrons. The average molecular weight is 407 g/mol. The van der Waals surface area contributed by atoms with Crippen LogP contribution in [-0.2, 0) is 11.3 Å². The van der Waals surface area contributed by atoms with Crippen molar-refractivity contribution in [1.29, 1.82) is 0 Å². The van der Waals surface area contributed by atoms with Gasteiger partial charge in [-0.25, -0.2) is 4.52 Å². The minimum atomic E-state index is -0.0768. The molecule has 0 unspecified atom stereocenters. The number of benzene rings is 1. The van der Waals surface area contributed by atoms with E-state index in [1.54, 1.807) is 18.4 Å². The van der Waals surface area contributed by atoms with E-state index >= 15 is 0 Å². The van der Waals surface area contributed by atoms with Crippen molar-refractivity contribution < 1.29 is 9.47 Å². The zero-order valence-corrected chi connectivity index (χ0v) is 17.0. The third-order valence-electron chi connectivity index (χ3n) is 5.27. The highest BCUT2D eigenvalue weighted by Gasteiger charge is 2.26. The van der Waals surface area contributed by atoms with Crippen molar-refractivity contribution in [1.82, 2.24) is 19.7 Å². The molecule has 0 spiro atoms. The molecule has 0 amide bonds. The van der Waals surface area contributed by atoms with E-state index in [0.29, 0.717) is 6.61 Å². The van der Waals surface area contributed by atoms with Gasteiger partial charge in [-0.05, 0) is 41.3 Å². The van der Waals surface area contributed by atoms with Crippen molar-refractivity contribution >= 4 is 16.9 Å². The van der Waals surface area contributed by atoms with Crippen molar-refractivity contribution in [2.24, 2.45) is 0 Å². The van der Waals surface area contributed by atoms with Gasteiger partial charge in [-0.3, -0.25) is 4.90 Å². The van der Waals surface area contributed by atoms with Crippen LogP contribution in [0.25, 0.3) is 16.0 Å². The summed E-state index contributed by atoms with van der Waals surface area (Å²) in [6.07, 6.45) is 1.96. The summed E-state index contributed by atoms with van der Waals surface area (Å²) in [7, 11) is 1.69. The van der Waals surface area contributed by atoms with Crippen molar-refractivity contribution in [3.63, 3.8) is 0 Å². The average Bonchev–Trinajstić information content (AvgIpc) is 3.44. The number of methoxy groups -OCH3 is 1. The quantitative estimate of drug-likeness (QED) is 0.501. The lowest BCUT2D eigenvalue weighted by molar-refractivity contribution is -0.0343. The van der Waals surface area contributed by atoms with Gasteiger partial charge in [0.2, 0.25) is 0 Å². The van der Waals surface area contributed by atoms with Gasteiger partial charge >= 0.3 is 0 Å². The van der Waals surface area contributed by atoms with E-state index in [4.69, 9.17) is 9.47 Å². The van der Waals surface area contributed by atoms with Crippen LogP contribution in [0.15, 0.2) is 60.1 Å². The molecule has 4 aromatic rings. The molecule has 7 heteroatoms. The number of aromatic nitrogens is 3. The Morgan fingerprint density at radius 3 is 2.86 bits per heavy atom. The van der Waals surface area contributed by atoms with Gasteiger partial charge < -0.3 is 9.47 Å². The van der Waals surface area contributed by atoms with Crippen LogP contribution in [0, 0.1) is 0 Å². The second-order valence-corrected chi connectivity index (χ2v) is 8.09. The van der Waals surface area contributed by atoms with Crippen LogP contribution in [0.1, 0.15) is 17.4 Å². The zero-order chi connectivity index (χ0) is 19.6. The first kappa shape index (κ1) is 18.3. The summed E-state index contributed by atoms with van der Waals surface area (Å²) < 4.78 is 13.2. The molecule has 1 fully saturated rings. The van der Waals surface area contributed by atoms with Crippen LogP contribution >= 0.6 is 11.3 Å². The molecule has 1 atom stereocenters. The standard InChI is InChI=1S/C22H22N4O2S/c1-27-18-7-4-16(5-8-18)13-25-10-11-28-20(15-25)22-19-9-6-17(14-26(19)24-23-22)21-3-2-12-29-21/h2-9,12,14,20H,10-11,13,15H2,1H3/t20-/m1/s1. The summed E-state index contributed by atoms with van der Waals surface area (Å²) in [6, 6.07) is 16.6. The molecule has 1 saturated heterocycles. The van der Waals surface area contributed by atoms with Gasteiger partial charge in [0.05, 0.1) is 19.2 Å².